The zero-order valence-corrected chi connectivity index (χ0v) is 25.9. The fraction of sp³-hybridized carbons (Fsp3) is 1.00. The molecule has 0 saturated heterocycles. The van der Waals surface area contributed by atoms with E-state index in [4.69, 9.17) is 0 Å². The summed E-state index contributed by atoms with van der Waals surface area (Å²) in [5.74, 6) is -0.131. The van der Waals surface area contributed by atoms with Crippen LogP contribution < -0.4 is 0 Å². The van der Waals surface area contributed by atoms with E-state index in [1.807, 2.05) is 0 Å². The van der Waals surface area contributed by atoms with Crippen LogP contribution in [0.2, 0.25) is 0 Å². The predicted octanol–water partition coefficient (Wildman–Crippen LogP) is 9.22. The fourth-order valence-electron chi connectivity index (χ4n) is 4.78. The summed E-state index contributed by atoms with van der Waals surface area (Å²) in [5, 5.41) is 0. The van der Waals surface area contributed by atoms with Gasteiger partial charge in [0.05, 0.1) is 23.0 Å². The minimum Gasteiger partial charge on any atom is -0.229 e. The summed E-state index contributed by atoms with van der Waals surface area (Å²) in [5.41, 5.74) is 0. The van der Waals surface area contributed by atoms with E-state index in [1.54, 1.807) is 0 Å². The first kappa shape index (κ1) is 35.9. The molecule has 0 atom stereocenters. The van der Waals surface area contributed by atoms with Crippen LogP contribution in [0.5, 0.6) is 0 Å². The third kappa shape index (κ3) is 26.9. The molecule has 4 nitrogen and oxygen atoms in total. The average Bonchev–Trinajstić information content (AvgIpc) is 2.84. The van der Waals surface area contributed by atoms with Crippen molar-refractivity contribution in [3.05, 3.63) is 0 Å². The van der Waals surface area contributed by atoms with Gasteiger partial charge in [-0.3, -0.25) is 0 Å². The molecule has 0 heterocycles. The summed E-state index contributed by atoms with van der Waals surface area (Å²) in [4.78, 5) is 0. The highest BCUT2D eigenvalue weighted by molar-refractivity contribution is 7.95. The second-order valence-electron chi connectivity index (χ2n) is 11.1. The zero-order valence-electron chi connectivity index (χ0n) is 24.2. The lowest BCUT2D eigenvalue weighted by atomic mass is 10.1. The molecule has 0 fully saturated rings. The number of sulfone groups is 2. The van der Waals surface area contributed by atoms with Crippen LogP contribution in [0.15, 0.2) is 0 Å². The Morgan fingerprint density at radius 2 is 0.472 bits per heavy atom. The molecule has 0 aliphatic rings. The molecule has 0 aromatic rings. The van der Waals surface area contributed by atoms with Gasteiger partial charge in [-0.25, -0.2) is 16.8 Å². The lowest BCUT2D eigenvalue weighted by Gasteiger charge is -2.07. The van der Waals surface area contributed by atoms with Gasteiger partial charge in [-0.2, -0.15) is 0 Å². The highest BCUT2D eigenvalue weighted by Crippen LogP contribution is 2.14. The Kier molecular flexibility index (Phi) is 25.1. The van der Waals surface area contributed by atoms with Crippen LogP contribution in [0, 0.1) is 0 Å². The molecule has 0 saturated carbocycles. The summed E-state index contributed by atoms with van der Waals surface area (Å²) in [6.45, 7) is 4.49. The first-order chi connectivity index (χ1) is 17.3. The maximum Gasteiger partial charge on any atom is 0.151 e. The van der Waals surface area contributed by atoms with Crippen molar-refractivity contribution in [1.82, 2.24) is 0 Å². The molecule has 0 N–H and O–H groups in total. The highest BCUT2D eigenvalue weighted by Gasteiger charge is 2.17. The summed E-state index contributed by atoms with van der Waals surface area (Å²) in [7, 11) is -6.52. The van der Waals surface area contributed by atoms with E-state index in [2.05, 4.69) is 13.8 Å². The van der Waals surface area contributed by atoms with Crippen molar-refractivity contribution in [1.29, 1.82) is 0 Å². The topological polar surface area (TPSA) is 68.3 Å². The summed E-state index contributed by atoms with van der Waals surface area (Å²) < 4.78 is 49.1. The van der Waals surface area contributed by atoms with Gasteiger partial charge in [0.15, 0.2) is 19.7 Å². The van der Waals surface area contributed by atoms with E-state index in [0.717, 1.165) is 25.7 Å². The summed E-state index contributed by atoms with van der Waals surface area (Å²) >= 11 is 0. The summed E-state index contributed by atoms with van der Waals surface area (Å²) in [6.07, 6.45) is 28.9. The van der Waals surface area contributed by atoms with E-state index >= 15 is 0 Å². The molecule has 36 heavy (non-hydrogen) atoms. The van der Waals surface area contributed by atoms with E-state index in [0.29, 0.717) is 12.8 Å². The van der Waals surface area contributed by atoms with Crippen LogP contribution in [0.25, 0.3) is 0 Å². The lowest BCUT2D eigenvalue weighted by Crippen LogP contribution is -2.21. The molecule has 0 spiro atoms. The minimum atomic E-state index is -3.26. The molecule has 0 amide bonds. The minimum absolute atomic E-state index is 0.137. The van der Waals surface area contributed by atoms with E-state index in [9.17, 15) is 16.8 Å². The maximum atomic E-state index is 12.3. The molecule has 218 valence electrons. The van der Waals surface area contributed by atoms with Crippen molar-refractivity contribution in [2.45, 2.75) is 168 Å². The van der Waals surface area contributed by atoms with Gasteiger partial charge in [-0.1, -0.05) is 155 Å². The molecular formula is C30H62O4S2. The quantitative estimate of drug-likeness (QED) is 0.0870. The standard InChI is InChI=1S/C30H62O4S2/c1-3-5-7-9-11-13-15-17-19-21-23-25-27-35(31,32)29-30-36(33,34)28-26-24-22-20-18-16-14-12-10-8-6-4-2/h3-30H2,1-2H3. The van der Waals surface area contributed by atoms with Gasteiger partial charge < -0.3 is 0 Å². The van der Waals surface area contributed by atoms with Crippen LogP contribution in [0.1, 0.15) is 168 Å². The Bertz CT molecular complexity index is 598. The third-order valence-electron chi connectivity index (χ3n) is 7.32. The van der Waals surface area contributed by atoms with Crippen molar-refractivity contribution in [3.63, 3.8) is 0 Å². The van der Waals surface area contributed by atoms with Gasteiger partial charge in [0.25, 0.3) is 0 Å². The second kappa shape index (κ2) is 25.2. The monoisotopic (exact) mass is 550 g/mol. The predicted molar refractivity (Wildman–Crippen MR) is 159 cm³/mol. The maximum absolute atomic E-state index is 12.3. The van der Waals surface area contributed by atoms with Crippen molar-refractivity contribution < 1.29 is 16.8 Å². The van der Waals surface area contributed by atoms with Gasteiger partial charge >= 0.3 is 0 Å². The van der Waals surface area contributed by atoms with Gasteiger partial charge in [0, 0.05) is 0 Å². The summed E-state index contributed by atoms with van der Waals surface area (Å²) in [6, 6.07) is 0. The molecule has 0 aromatic heterocycles. The molecule has 0 radical (unpaired) electrons. The van der Waals surface area contributed by atoms with Gasteiger partial charge in [-0.15, -0.1) is 0 Å². The van der Waals surface area contributed by atoms with Crippen molar-refractivity contribution >= 4 is 19.7 Å². The first-order valence-corrected chi connectivity index (χ1v) is 19.4. The zero-order chi connectivity index (χ0) is 26.8. The Hall–Kier alpha value is -0.100. The van der Waals surface area contributed by atoms with Gasteiger partial charge in [0.1, 0.15) is 0 Å². The number of rotatable bonds is 29. The number of unbranched alkanes of at least 4 members (excludes halogenated alkanes) is 22. The molecule has 6 heteroatoms. The molecule has 0 bridgehead atoms. The van der Waals surface area contributed by atoms with Gasteiger partial charge in [0.2, 0.25) is 0 Å². The van der Waals surface area contributed by atoms with Crippen LogP contribution in [0.4, 0.5) is 0 Å². The Balaban J connectivity index is 3.61. The van der Waals surface area contributed by atoms with E-state index in [-0.39, 0.29) is 23.0 Å². The SMILES string of the molecule is CCCCCCCCCCCCCCS(=O)(=O)CCS(=O)(=O)CCCCCCCCCCCCCC. The smallest absolute Gasteiger partial charge is 0.151 e. The molecule has 0 aromatic carbocycles. The molecule has 0 unspecified atom stereocenters. The average molecular weight is 551 g/mol. The molecule has 0 rings (SSSR count). The van der Waals surface area contributed by atoms with Crippen LogP contribution >= 0.6 is 0 Å². The highest BCUT2D eigenvalue weighted by atomic mass is 32.2. The third-order valence-corrected chi connectivity index (χ3v) is 11.1. The Morgan fingerprint density at radius 3 is 0.694 bits per heavy atom. The number of hydrogen-bond acceptors (Lipinski definition) is 4. The Morgan fingerprint density at radius 1 is 0.278 bits per heavy atom. The normalized spacial score (nSPS) is 12.4. The van der Waals surface area contributed by atoms with Crippen LogP contribution in [0.3, 0.4) is 0 Å². The molecule has 0 aliphatic carbocycles. The van der Waals surface area contributed by atoms with Gasteiger partial charge in [-0.05, 0) is 12.8 Å². The van der Waals surface area contributed by atoms with E-state index in [1.165, 1.54) is 116 Å². The largest absolute Gasteiger partial charge is 0.229 e. The lowest BCUT2D eigenvalue weighted by molar-refractivity contribution is 0.545. The number of hydrogen-bond donors (Lipinski definition) is 0. The molecule has 0 aliphatic heterocycles. The van der Waals surface area contributed by atoms with E-state index < -0.39 is 19.7 Å². The second-order valence-corrected chi connectivity index (χ2v) is 15.7. The molecular weight excluding hydrogens is 488 g/mol. The van der Waals surface area contributed by atoms with Crippen molar-refractivity contribution in [2.75, 3.05) is 23.0 Å². The Labute approximate surface area is 227 Å². The van der Waals surface area contributed by atoms with Crippen molar-refractivity contribution in [3.8, 4) is 0 Å². The van der Waals surface area contributed by atoms with Crippen LogP contribution in [-0.4, -0.2) is 39.8 Å². The first-order valence-electron chi connectivity index (χ1n) is 15.7. The van der Waals surface area contributed by atoms with Crippen LogP contribution in [-0.2, 0) is 19.7 Å². The fourth-order valence-corrected chi connectivity index (χ4v) is 8.51. The van der Waals surface area contributed by atoms with Crippen molar-refractivity contribution in [2.24, 2.45) is 0 Å².